The van der Waals surface area contributed by atoms with E-state index in [1.807, 2.05) is 18.2 Å². The summed E-state index contributed by atoms with van der Waals surface area (Å²) in [4.78, 5) is 0. The van der Waals surface area contributed by atoms with Crippen molar-refractivity contribution in [2.24, 2.45) is 11.5 Å². The molecular weight excluding hydrogens is 174 g/mol. The average molecular weight is 193 g/mol. The molecule has 1 aromatic rings. The molecular formula is C11H19N3. The summed E-state index contributed by atoms with van der Waals surface area (Å²) in [7, 11) is 0. The minimum Gasteiger partial charge on any atom is -0.330 e. The van der Waals surface area contributed by atoms with E-state index >= 15 is 0 Å². The van der Waals surface area contributed by atoms with E-state index in [1.54, 1.807) is 0 Å². The molecule has 3 heteroatoms. The Kier molecular flexibility index (Phi) is 5.22. The molecule has 0 heterocycles. The topological polar surface area (TPSA) is 64.1 Å². The highest BCUT2D eigenvalue weighted by Gasteiger charge is 2.03. The van der Waals surface area contributed by atoms with E-state index in [-0.39, 0.29) is 6.04 Å². The number of nitrogens with one attached hydrogen (secondary N) is 1. The fraction of sp³-hybridized carbons (Fsp3) is 0.455. The van der Waals surface area contributed by atoms with Crippen molar-refractivity contribution in [1.82, 2.24) is 5.32 Å². The second-order valence-corrected chi connectivity index (χ2v) is 3.36. The highest BCUT2D eigenvalue weighted by atomic mass is 14.9. The lowest BCUT2D eigenvalue weighted by Gasteiger charge is -2.12. The molecule has 0 fully saturated rings. The molecule has 0 saturated heterocycles. The molecule has 3 nitrogen and oxygen atoms in total. The van der Waals surface area contributed by atoms with Gasteiger partial charge in [-0.15, -0.1) is 0 Å². The van der Waals surface area contributed by atoms with Gasteiger partial charge >= 0.3 is 0 Å². The van der Waals surface area contributed by atoms with Gasteiger partial charge in [0.25, 0.3) is 0 Å². The molecule has 0 aliphatic heterocycles. The standard InChI is InChI=1S/C11H19N3/c12-7-4-8-14-9-11(13)10-5-2-1-3-6-10/h1-3,5-6,11,14H,4,7-9,12-13H2. The lowest BCUT2D eigenvalue weighted by molar-refractivity contribution is 0.585. The van der Waals surface area contributed by atoms with Crippen LogP contribution in [0.15, 0.2) is 30.3 Å². The van der Waals surface area contributed by atoms with Crippen molar-refractivity contribution in [2.75, 3.05) is 19.6 Å². The van der Waals surface area contributed by atoms with E-state index in [2.05, 4.69) is 17.4 Å². The van der Waals surface area contributed by atoms with Crippen molar-refractivity contribution in [3.05, 3.63) is 35.9 Å². The largest absolute Gasteiger partial charge is 0.330 e. The highest BCUT2D eigenvalue weighted by molar-refractivity contribution is 5.18. The van der Waals surface area contributed by atoms with Gasteiger partial charge in [0.05, 0.1) is 0 Å². The van der Waals surface area contributed by atoms with Crippen LogP contribution in [0.1, 0.15) is 18.0 Å². The Labute approximate surface area is 85.5 Å². The summed E-state index contributed by atoms with van der Waals surface area (Å²) in [6, 6.07) is 10.2. The maximum atomic E-state index is 5.98. The molecule has 1 atom stereocenters. The van der Waals surface area contributed by atoms with Crippen molar-refractivity contribution in [2.45, 2.75) is 12.5 Å². The average Bonchev–Trinajstić information content (AvgIpc) is 2.25. The summed E-state index contributed by atoms with van der Waals surface area (Å²) >= 11 is 0. The van der Waals surface area contributed by atoms with Gasteiger partial charge in [-0.05, 0) is 25.1 Å². The van der Waals surface area contributed by atoms with Crippen LogP contribution in [0.25, 0.3) is 0 Å². The Hall–Kier alpha value is -0.900. The van der Waals surface area contributed by atoms with E-state index in [0.717, 1.165) is 26.1 Å². The fourth-order valence-corrected chi connectivity index (χ4v) is 1.30. The molecule has 0 amide bonds. The zero-order valence-electron chi connectivity index (χ0n) is 8.45. The Bertz CT molecular complexity index is 236. The van der Waals surface area contributed by atoms with Gasteiger partial charge in [0.2, 0.25) is 0 Å². The third-order valence-electron chi connectivity index (χ3n) is 2.15. The first kappa shape index (κ1) is 11.2. The van der Waals surface area contributed by atoms with Crippen LogP contribution in [0.5, 0.6) is 0 Å². The van der Waals surface area contributed by atoms with Crippen LogP contribution in [0.2, 0.25) is 0 Å². The monoisotopic (exact) mass is 193 g/mol. The van der Waals surface area contributed by atoms with Crippen molar-refractivity contribution in [1.29, 1.82) is 0 Å². The summed E-state index contributed by atoms with van der Waals surface area (Å²) in [6.45, 7) is 2.48. The summed E-state index contributed by atoms with van der Waals surface area (Å²) in [6.07, 6.45) is 1.00. The Morgan fingerprint density at radius 3 is 2.57 bits per heavy atom. The third kappa shape index (κ3) is 3.87. The first-order valence-electron chi connectivity index (χ1n) is 5.06. The van der Waals surface area contributed by atoms with E-state index in [1.165, 1.54) is 5.56 Å². The first-order valence-corrected chi connectivity index (χ1v) is 5.06. The van der Waals surface area contributed by atoms with Crippen LogP contribution in [0.4, 0.5) is 0 Å². The van der Waals surface area contributed by atoms with Crippen LogP contribution in [-0.2, 0) is 0 Å². The van der Waals surface area contributed by atoms with Crippen LogP contribution in [-0.4, -0.2) is 19.6 Å². The third-order valence-corrected chi connectivity index (χ3v) is 2.15. The van der Waals surface area contributed by atoms with Crippen LogP contribution in [0, 0.1) is 0 Å². The lowest BCUT2D eigenvalue weighted by Crippen LogP contribution is -2.28. The maximum absolute atomic E-state index is 5.98. The molecule has 0 saturated carbocycles. The fourth-order valence-electron chi connectivity index (χ4n) is 1.30. The molecule has 0 spiro atoms. The Morgan fingerprint density at radius 2 is 1.93 bits per heavy atom. The number of benzene rings is 1. The maximum Gasteiger partial charge on any atom is 0.0421 e. The minimum atomic E-state index is 0.0778. The minimum absolute atomic E-state index is 0.0778. The lowest BCUT2D eigenvalue weighted by atomic mass is 10.1. The number of hydrogen-bond acceptors (Lipinski definition) is 3. The van der Waals surface area contributed by atoms with Crippen molar-refractivity contribution < 1.29 is 0 Å². The molecule has 5 N–H and O–H groups in total. The second-order valence-electron chi connectivity index (χ2n) is 3.36. The van der Waals surface area contributed by atoms with Gasteiger partial charge in [-0.1, -0.05) is 30.3 Å². The van der Waals surface area contributed by atoms with E-state index in [0.29, 0.717) is 0 Å². The normalized spacial score (nSPS) is 12.7. The second kappa shape index (κ2) is 6.54. The number of nitrogens with two attached hydrogens (primary N) is 2. The molecule has 1 rings (SSSR count). The summed E-state index contributed by atoms with van der Waals surface area (Å²) in [5.74, 6) is 0. The van der Waals surface area contributed by atoms with E-state index < -0.39 is 0 Å². The van der Waals surface area contributed by atoms with E-state index in [9.17, 15) is 0 Å². The first-order chi connectivity index (χ1) is 6.84. The van der Waals surface area contributed by atoms with Gasteiger partial charge in [0.1, 0.15) is 0 Å². The van der Waals surface area contributed by atoms with Gasteiger partial charge in [0.15, 0.2) is 0 Å². The van der Waals surface area contributed by atoms with Crippen LogP contribution in [0.3, 0.4) is 0 Å². The predicted molar refractivity (Wildman–Crippen MR) is 59.9 cm³/mol. The molecule has 0 aliphatic carbocycles. The molecule has 1 unspecified atom stereocenters. The quantitative estimate of drug-likeness (QED) is 0.580. The van der Waals surface area contributed by atoms with E-state index in [4.69, 9.17) is 11.5 Å². The van der Waals surface area contributed by atoms with Crippen LogP contribution >= 0.6 is 0 Å². The number of hydrogen-bond donors (Lipinski definition) is 3. The van der Waals surface area contributed by atoms with Gasteiger partial charge in [0, 0.05) is 12.6 Å². The molecule has 0 radical (unpaired) electrons. The molecule has 0 aromatic heterocycles. The smallest absolute Gasteiger partial charge is 0.0421 e. The predicted octanol–water partition coefficient (Wildman–Crippen LogP) is 0.625. The zero-order valence-corrected chi connectivity index (χ0v) is 8.45. The van der Waals surface area contributed by atoms with Gasteiger partial charge in [-0.2, -0.15) is 0 Å². The van der Waals surface area contributed by atoms with Gasteiger partial charge in [-0.3, -0.25) is 0 Å². The molecule has 1 aromatic carbocycles. The van der Waals surface area contributed by atoms with Crippen LogP contribution < -0.4 is 16.8 Å². The SMILES string of the molecule is NCCCNCC(N)c1ccccc1. The zero-order chi connectivity index (χ0) is 10.2. The number of rotatable bonds is 6. The molecule has 0 bridgehead atoms. The molecule has 0 aliphatic rings. The van der Waals surface area contributed by atoms with Gasteiger partial charge < -0.3 is 16.8 Å². The van der Waals surface area contributed by atoms with Gasteiger partial charge in [-0.25, -0.2) is 0 Å². The van der Waals surface area contributed by atoms with Crippen molar-refractivity contribution in [3.8, 4) is 0 Å². The Balaban J connectivity index is 2.25. The molecule has 14 heavy (non-hydrogen) atoms. The van der Waals surface area contributed by atoms with Crippen molar-refractivity contribution in [3.63, 3.8) is 0 Å². The molecule has 78 valence electrons. The highest BCUT2D eigenvalue weighted by Crippen LogP contribution is 2.07. The van der Waals surface area contributed by atoms with Crippen molar-refractivity contribution >= 4 is 0 Å². The summed E-state index contributed by atoms with van der Waals surface area (Å²) in [5.41, 5.74) is 12.5. The summed E-state index contributed by atoms with van der Waals surface area (Å²) < 4.78 is 0. The summed E-state index contributed by atoms with van der Waals surface area (Å²) in [5, 5.41) is 3.28. The Morgan fingerprint density at radius 1 is 1.21 bits per heavy atom.